The molecule has 0 unspecified atom stereocenters. The predicted molar refractivity (Wildman–Crippen MR) is 103 cm³/mol. The largest absolute Gasteiger partial charge is 0.503 e. The van der Waals surface area contributed by atoms with E-state index in [1.54, 1.807) is 17.0 Å². The maximum atomic E-state index is 12.5. The van der Waals surface area contributed by atoms with Crippen LogP contribution in [-0.4, -0.2) is 40.8 Å². The number of amides is 1. The fraction of sp³-hybridized carbons (Fsp3) is 0.375. The first-order valence-electron chi connectivity index (χ1n) is 7.54. The molecule has 24 heavy (non-hydrogen) atoms. The summed E-state index contributed by atoms with van der Waals surface area (Å²) < 4.78 is 5.91. The molecule has 0 radical (unpaired) electrons. The van der Waals surface area contributed by atoms with Crippen molar-refractivity contribution in [2.75, 3.05) is 19.7 Å². The number of carbonyl (C=O) groups excluding carboxylic acids is 1. The first kappa shape index (κ1) is 19.1. The topological polar surface area (TPSA) is 62.1 Å². The van der Waals surface area contributed by atoms with Crippen LogP contribution in [-0.2, 0) is 4.79 Å². The molecule has 1 aromatic carbocycles. The Morgan fingerprint density at radius 2 is 2.17 bits per heavy atom. The highest BCUT2D eigenvalue weighted by Crippen LogP contribution is 2.43. The number of amidine groups is 1. The SMILES string of the molecule is CCN=C1S/C(=C/c2cc(OCC)c(O)c(Cl)c2Br)C(=O)N1CC. The second kappa shape index (κ2) is 8.27. The van der Waals surface area contributed by atoms with E-state index < -0.39 is 0 Å². The van der Waals surface area contributed by atoms with Crippen LogP contribution in [0.4, 0.5) is 0 Å². The van der Waals surface area contributed by atoms with Crippen LogP contribution in [0.2, 0.25) is 5.02 Å². The number of ether oxygens (including phenoxy) is 1. The Morgan fingerprint density at radius 3 is 2.75 bits per heavy atom. The maximum absolute atomic E-state index is 12.5. The van der Waals surface area contributed by atoms with Gasteiger partial charge >= 0.3 is 0 Å². The van der Waals surface area contributed by atoms with Crippen LogP contribution >= 0.6 is 39.3 Å². The quantitative estimate of drug-likeness (QED) is 0.694. The Kier molecular flexibility index (Phi) is 6.60. The summed E-state index contributed by atoms with van der Waals surface area (Å²) in [6, 6.07) is 1.65. The molecule has 130 valence electrons. The summed E-state index contributed by atoms with van der Waals surface area (Å²) >= 11 is 10.8. The Bertz CT molecular complexity index is 722. The molecule has 5 nitrogen and oxygen atoms in total. The molecule has 0 aromatic heterocycles. The van der Waals surface area contributed by atoms with Crippen molar-refractivity contribution in [1.82, 2.24) is 4.90 Å². The molecule has 0 bridgehead atoms. The maximum Gasteiger partial charge on any atom is 0.266 e. The number of aliphatic imine (C=N–C) groups is 1. The normalized spacial score (nSPS) is 18.0. The third-order valence-electron chi connectivity index (χ3n) is 3.26. The summed E-state index contributed by atoms with van der Waals surface area (Å²) in [5, 5.41) is 10.9. The van der Waals surface area contributed by atoms with Crippen molar-refractivity contribution < 1.29 is 14.6 Å². The van der Waals surface area contributed by atoms with Crippen molar-refractivity contribution in [3.8, 4) is 11.5 Å². The van der Waals surface area contributed by atoms with Gasteiger partial charge in [-0.15, -0.1) is 0 Å². The van der Waals surface area contributed by atoms with Crippen LogP contribution in [0.5, 0.6) is 11.5 Å². The average Bonchev–Trinajstić information content (AvgIpc) is 2.85. The molecule has 0 spiro atoms. The molecule has 1 heterocycles. The fourth-order valence-electron chi connectivity index (χ4n) is 2.16. The van der Waals surface area contributed by atoms with E-state index >= 15 is 0 Å². The number of benzene rings is 1. The number of carbonyl (C=O) groups is 1. The number of phenolic OH excluding ortho intramolecular Hbond substituents is 1. The number of aromatic hydroxyl groups is 1. The summed E-state index contributed by atoms with van der Waals surface area (Å²) in [5.74, 6) is 0.0629. The number of thioether (sulfide) groups is 1. The number of phenols is 1. The van der Waals surface area contributed by atoms with Crippen LogP contribution in [0.15, 0.2) is 20.4 Å². The Balaban J connectivity index is 2.48. The van der Waals surface area contributed by atoms with E-state index in [-0.39, 0.29) is 22.4 Å². The van der Waals surface area contributed by atoms with E-state index in [0.29, 0.717) is 39.8 Å². The van der Waals surface area contributed by atoms with Gasteiger partial charge in [0.15, 0.2) is 16.7 Å². The molecule has 1 aliphatic rings. The van der Waals surface area contributed by atoms with E-state index in [9.17, 15) is 9.90 Å². The van der Waals surface area contributed by atoms with Crippen molar-refractivity contribution >= 4 is 56.4 Å². The molecule has 1 aliphatic heterocycles. The van der Waals surface area contributed by atoms with Crippen molar-refractivity contribution in [2.45, 2.75) is 20.8 Å². The molecule has 0 aliphatic carbocycles. The summed E-state index contributed by atoms with van der Waals surface area (Å²) in [7, 11) is 0. The molecule has 0 atom stereocenters. The standard InChI is InChI=1S/C16H18BrClN2O3S/c1-4-19-16-20(5-2)15(22)11(24-16)8-9-7-10(23-6-3)14(21)13(18)12(9)17/h7-8,21H,4-6H2,1-3H3/b11-8+,19-16?. The number of nitrogens with zero attached hydrogens (tertiary/aromatic N) is 2. The van der Waals surface area contributed by atoms with Gasteiger partial charge in [-0.2, -0.15) is 0 Å². The van der Waals surface area contributed by atoms with Crippen LogP contribution in [0.25, 0.3) is 6.08 Å². The summed E-state index contributed by atoms with van der Waals surface area (Å²) in [6.45, 7) is 7.22. The minimum atomic E-state index is -0.124. The van der Waals surface area contributed by atoms with Gasteiger partial charge in [0, 0.05) is 17.6 Å². The zero-order chi connectivity index (χ0) is 17.9. The lowest BCUT2D eigenvalue weighted by Crippen LogP contribution is -2.28. The first-order valence-corrected chi connectivity index (χ1v) is 9.52. The van der Waals surface area contributed by atoms with Crippen molar-refractivity contribution in [3.05, 3.63) is 26.0 Å². The van der Waals surface area contributed by atoms with Crippen LogP contribution in [0.1, 0.15) is 26.3 Å². The lowest BCUT2D eigenvalue weighted by Gasteiger charge is -2.12. The smallest absolute Gasteiger partial charge is 0.266 e. The lowest BCUT2D eigenvalue weighted by atomic mass is 10.1. The highest BCUT2D eigenvalue weighted by Gasteiger charge is 2.32. The second-order valence-electron chi connectivity index (χ2n) is 4.79. The number of hydrogen-bond acceptors (Lipinski definition) is 5. The minimum absolute atomic E-state index is 0.0937. The molecule has 1 aromatic rings. The average molecular weight is 434 g/mol. The molecule has 2 rings (SSSR count). The van der Waals surface area contributed by atoms with Crippen LogP contribution < -0.4 is 4.74 Å². The summed E-state index contributed by atoms with van der Waals surface area (Å²) in [6.07, 6.45) is 1.73. The zero-order valence-corrected chi connectivity index (χ0v) is 16.8. The minimum Gasteiger partial charge on any atom is -0.503 e. The van der Waals surface area contributed by atoms with E-state index in [1.807, 2.05) is 20.8 Å². The Morgan fingerprint density at radius 1 is 1.46 bits per heavy atom. The van der Waals surface area contributed by atoms with Crippen LogP contribution in [0.3, 0.4) is 0 Å². The highest BCUT2D eigenvalue weighted by atomic mass is 79.9. The third-order valence-corrected chi connectivity index (χ3v) is 5.75. The van der Waals surface area contributed by atoms with Gasteiger partial charge in [0.2, 0.25) is 0 Å². The molecule has 1 N–H and O–H groups in total. The van der Waals surface area contributed by atoms with E-state index in [0.717, 1.165) is 0 Å². The molecule has 1 amide bonds. The van der Waals surface area contributed by atoms with E-state index in [4.69, 9.17) is 16.3 Å². The zero-order valence-electron chi connectivity index (χ0n) is 13.6. The number of rotatable bonds is 5. The van der Waals surface area contributed by atoms with Gasteiger partial charge in [-0.1, -0.05) is 11.6 Å². The molecule has 0 saturated carbocycles. The molecular formula is C16H18BrClN2O3S. The molecule has 1 saturated heterocycles. The summed E-state index contributed by atoms with van der Waals surface area (Å²) in [4.78, 5) is 19.1. The van der Waals surface area contributed by atoms with Gasteiger partial charge in [-0.25, -0.2) is 0 Å². The number of halogens is 2. The van der Waals surface area contributed by atoms with Gasteiger partial charge in [0.05, 0.1) is 11.5 Å². The number of likely N-dealkylation sites (N-methyl/N-ethyl adjacent to an activating group) is 1. The van der Waals surface area contributed by atoms with Crippen LogP contribution in [0, 0.1) is 0 Å². The predicted octanol–water partition coefficient (Wildman–Crippen LogP) is 4.52. The monoisotopic (exact) mass is 432 g/mol. The first-order chi connectivity index (χ1) is 11.4. The second-order valence-corrected chi connectivity index (χ2v) is 6.97. The number of hydrogen-bond donors (Lipinski definition) is 1. The molecule has 1 fully saturated rings. The van der Waals surface area contributed by atoms with E-state index in [2.05, 4.69) is 20.9 Å². The van der Waals surface area contributed by atoms with Crippen molar-refractivity contribution in [1.29, 1.82) is 0 Å². The summed E-state index contributed by atoms with van der Waals surface area (Å²) in [5.41, 5.74) is 0.658. The Labute approximate surface area is 158 Å². The van der Waals surface area contributed by atoms with Crippen molar-refractivity contribution in [2.24, 2.45) is 4.99 Å². The van der Waals surface area contributed by atoms with Gasteiger partial charge in [0.25, 0.3) is 5.91 Å². The third kappa shape index (κ3) is 3.73. The lowest BCUT2D eigenvalue weighted by molar-refractivity contribution is -0.122. The van der Waals surface area contributed by atoms with E-state index in [1.165, 1.54) is 11.8 Å². The van der Waals surface area contributed by atoms with Gasteiger partial charge in [-0.3, -0.25) is 14.7 Å². The van der Waals surface area contributed by atoms with Gasteiger partial charge in [-0.05, 0) is 66.2 Å². The molecule has 8 heteroatoms. The Hall–Kier alpha value is -1.18. The van der Waals surface area contributed by atoms with Gasteiger partial charge in [0.1, 0.15) is 5.02 Å². The fourth-order valence-corrected chi connectivity index (χ4v) is 3.88. The van der Waals surface area contributed by atoms with Crippen molar-refractivity contribution in [3.63, 3.8) is 0 Å². The molecular weight excluding hydrogens is 416 g/mol. The highest BCUT2D eigenvalue weighted by molar-refractivity contribution is 9.10. The van der Waals surface area contributed by atoms with Gasteiger partial charge < -0.3 is 9.84 Å².